The molecule has 0 heterocycles. The zero-order valence-corrected chi connectivity index (χ0v) is 4.92. The van der Waals surface area contributed by atoms with Gasteiger partial charge in [0, 0.05) is 0 Å². The Morgan fingerprint density at radius 2 is 1.33 bits per heavy atom. The summed E-state index contributed by atoms with van der Waals surface area (Å²) in [7, 11) is 0. The third kappa shape index (κ3) is 7.68. The van der Waals surface area contributed by atoms with Crippen molar-refractivity contribution in [2.75, 3.05) is 0 Å². The summed E-state index contributed by atoms with van der Waals surface area (Å²) in [6.07, 6.45) is -4.89. The zero-order chi connectivity index (χ0) is 7.71. The number of halogens is 4. The predicted octanol–water partition coefficient (Wildman–Crippen LogP) is 2.23. The minimum absolute atomic E-state index is 0.681. The SMILES string of the molecule is CC(C)(F)OC(F)(F)F. The van der Waals surface area contributed by atoms with Crippen LogP contribution in [0.4, 0.5) is 17.6 Å². The fraction of sp³-hybridized carbons (Fsp3) is 1.00. The van der Waals surface area contributed by atoms with Gasteiger partial charge in [-0.25, -0.2) is 4.39 Å². The molecule has 0 saturated carbocycles. The van der Waals surface area contributed by atoms with Gasteiger partial charge >= 0.3 is 6.36 Å². The molecule has 0 aliphatic rings. The van der Waals surface area contributed by atoms with Crippen LogP contribution in [0.15, 0.2) is 0 Å². The van der Waals surface area contributed by atoms with Gasteiger partial charge in [-0.15, -0.1) is 13.2 Å². The maximum Gasteiger partial charge on any atom is 0.525 e. The van der Waals surface area contributed by atoms with E-state index < -0.39 is 12.2 Å². The molecule has 1 nitrogen and oxygen atoms in total. The lowest BCUT2D eigenvalue weighted by Gasteiger charge is -2.16. The van der Waals surface area contributed by atoms with Gasteiger partial charge in [0.05, 0.1) is 0 Å². The number of alkyl halides is 4. The molecule has 5 heteroatoms. The summed E-state index contributed by atoms with van der Waals surface area (Å²) in [6, 6.07) is 0. The van der Waals surface area contributed by atoms with Gasteiger partial charge in [0.1, 0.15) is 0 Å². The summed E-state index contributed by atoms with van der Waals surface area (Å²) in [6.45, 7) is 1.36. The van der Waals surface area contributed by atoms with Crippen molar-refractivity contribution in [1.82, 2.24) is 0 Å². The first kappa shape index (κ1) is 8.68. The lowest BCUT2D eigenvalue weighted by Crippen LogP contribution is -2.27. The summed E-state index contributed by atoms with van der Waals surface area (Å²) in [5.74, 6) is -2.64. The Bertz CT molecular complexity index is 77.7. The monoisotopic (exact) mass is 146 g/mol. The Kier molecular flexibility index (Phi) is 2.06. The molecule has 0 saturated heterocycles. The third-order valence-corrected chi connectivity index (χ3v) is 0.358. The van der Waals surface area contributed by atoms with Gasteiger partial charge in [-0.2, -0.15) is 0 Å². The maximum atomic E-state index is 11.9. The minimum atomic E-state index is -4.89. The van der Waals surface area contributed by atoms with Crippen LogP contribution in [-0.2, 0) is 4.74 Å². The van der Waals surface area contributed by atoms with E-state index in [9.17, 15) is 17.6 Å². The van der Waals surface area contributed by atoms with Gasteiger partial charge in [-0.1, -0.05) is 0 Å². The van der Waals surface area contributed by atoms with Crippen LogP contribution >= 0.6 is 0 Å². The highest BCUT2D eigenvalue weighted by atomic mass is 19.4. The van der Waals surface area contributed by atoms with Crippen LogP contribution in [0.2, 0.25) is 0 Å². The molecule has 0 rings (SSSR count). The highest BCUT2D eigenvalue weighted by Gasteiger charge is 2.37. The minimum Gasteiger partial charge on any atom is -0.255 e. The number of ether oxygens (including phenoxy) is 1. The lowest BCUT2D eigenvalue weighted by atomic mass is 10.4. The number of hydrogen-bond acceptors (Lipinski definition) is 1. The average Bonchev–Trinajstić information content (AvgIpc) is 1.14. The van der Waals surface area contributed by atoms with Crippen molar-refractivity contribution in [3.05, 3.63) is 0 Å². The Morgan fingerprint density at radius 3 is 1.33 bits per heavy atom. The average molecular weight is 146 g/mol. The fourth-order valence-electron chi connectivity index (χ4n) is 0.275. The van der Waals surface area contributed by atoms with E-state index in [4.69, 9.17) is 0 Å². The van der Waals surface area contributed by atoms with Crippen LogP contribution in [-0.4, -0.2) is 12.2 Å². The van der Waals surface area contributed by atoms with Crippen LogP contribution in [0.25, 0.3) is 0 Å². The molecule has 0 aromatic heterocycles. The molecule has 0 amide bonds. The van der Waals surface area contributed by atoms with E-state index in [2.05, 4.69) is 4.74 Å². The van der Waals surface area contributed by atoms with E-state index in [0.29, 0.717) is 13.8 Å². The summed E-state index contributed by atoms with van der Waals surface area (Å²) in [4.78, 5) is 0. The van der Waals surface area contributed by atoms with Crippen LogP contribution in [0, 0.1) is 0 Å². The van der Waals surface area contributed by atoms with Crippen LogP contribution < -0.4 is 0 Å². The van der Waals surface area contributed by atoms with E-state index in [-0.39, 0.29) is 0 Å². The fourth-order valence-corrected chi connectivity index (χ4v) is 0.275. The second-order valence-electron chi connectivity index (χ2n) is 1.91. The third-order valence-electron chi connectivity index (χ3n) is 0.358. The normalized spacial score (nSPS) is 14.0. The second kappa shape index (κ2) is 2.13. The van der Waals surface area contributed by atoms with Crippen molar-refractivity contribution in [1.29, 1.82) is 0 Å². The molecular formula is C4H6F4O. The van der Waals surface area contributed by atoms with Gasteiger partial charge in [0.15, 0.2) is 0 Å². The Morgan fingerprint density at radius 1 is 1.00 bits per heavy atom. The molecule has 0 unspecified atom stereocenters. The van der Waals surface area contributed by atoms with E-state index in [1.807, 2.05) is 0 Å². The van der Waals surface area contributed by atoms with E-state index in [1.54, 1.807) is 0 Å². The first-order chi connectivity index (χ1) is 3.71. The molecule has 56 valence electrons. The van der Waals surface area contributed by atoms with Crippen LogP contribution in [0.5, 0.6) is 0 Å². The summed E-state index contributed by atoms with van der Waals surface area (Å²) in [5, 5.41) is 0. The van der Waals surface area contributed by atoms with Crippen molar-refractivity contribution in [2.45, 2.75) is 26.1 Å². The molecule has 0 fully saturated rings. The molecule has 0 aromatic carbocycles. The van der Waals surface area contributed by atoms with E-state index in [1.165, 1.54) is 0 Å². The second-order valence-corrected chi connectivity index (χ2v) is 1.91. The molecular weight excluding hydrogens is 140 g/mol. The molecule has 0 N–H and O–H groups in total. The smallest absolute Gasteiger partial charge is 0.255 e. The highest BCUT2D eigenvalue weighted by molar-refractivity contribution is 4.49. The molecule has 9 heavy (non-hydrogen) atoms. The summed E-state index contributed by atoms with van der Waals surface area (Å²) in [5.41, 5.74) is 0. The van der Waals surface area contributed by atoms with Gasteiger partial charge in [0.25, 0.3) is 0 Å². The van der Waals surface area contributed by atoms with Gasteiger partial charge < -0.3 is 0 Å². The van der Waals surface area contributed by atoms with Gasteiger partial charge in [0.2, 0.25) is 5.85 Å². The molecule has 0 aliphatic heterocycles. The Hall–Kier alpha value is -0.320. The number of rotatable bonds is 1. The lowest BCUT2D eigenvalue weighted by molar-refractivity contribution is -0.384. The molecule has 0 atom stereocenters. The molecule has 0 spiro atoms. The Labute approximate surface area is 49.6 Å². The standard InChI is InChI=1S/C4H6F4O/c1-3(2,5)9-4(6,7)8/h1-2H3. The molecule has 0 aromatic rings. The first-order valence-electron chi connectivity index (χ1n) is 2.16. The summed E-state index contributed by atoms with van der Waals surface area (Å²) >= 11 is 0. The van der Waals surface area contributed by atoms with Crippen molar-refractivity contribution < 1.29 is 22.3 Å². The largest absolute Gasteiger partial charge is 0.525 e. The molecule has 0 aliphatic carbocycles. The quantitative estimate of drug-likeness (QED) is 0.515. The van der Waals surface area contributed by atoms with Crippen molar-refractivity contribution in [3.8, 4) is 0 Å². The van der Waals surface area contributed by atoms with Crippen molar-refractivity contribution >= 4 is 0 Å². The summed E-state index contributed by atoms with van der Waals surface area (Å²) < 4.78 is 48.2. The highest BCUT2D eigenvalue weighted by Crippen LogP contribution is 2.25. The van der Waals surface area contributed by atoms with Crippen LogP contribution in [0.3, 0.4) is 0 Å². The number of hydrogen-bond donors (Lipinski definition) is 0. The van der Waals surface area contributed by atoms with Crippen molar-refractivity contribution in [2.24, 2.45) is 0 Å². The van der Waals surface area contributed by atoms with E-state index >= 15 is 0 Å². The topological polar surface area (TPSA) is 9.23 Å². The predicted molar refractivity (Wildman–Crippen MR) is 22.3 cm³/mol. The van der Waals surface area contributed by atoms with Gasteiger partial charge in [-0.3, -0.25) is 4.74 Å². The Balaban J connectivity index is 3.75. The first-order valence-corrected chi connectivity index (χ1v) is 2.16. The molecule has 0 radical (unpaired) electrons. The molecule has 0 bridgehead atoms. The van der Waals surface area contributed by atoms with Crippen LogP contribution in [0.1, 0.15) is 13.8 Å². The van der Waals surface area contributed by atoms with Gasteiger partial charge in [-0.05, 0) is 13.8 Å². The van der Waals surface area contributed by atoms with E-state index in [0.717, 1.165) is 0 Å². The van der Waals surface area contributed by atoms with Crippen molar-refractivity contribution in [3.63, 3.8) is 0 Å². The maximum absolute atomic E-state index is 11.9. The zero-order valence-electron chi connectivity index (χ0n) is 4.92.